The Balaban J connectivity index is 1.74. The number of hydrogen-bond acceptors (Lipinski definition) is 7. The Morgan fingerprint density at radius 1 is 1.21 bits per heavy atom. The van der Waals surface area contributed by atoms with Gasteiger partial charge in [0.05, 0.1) is 17.4 Å². The molecule has 1 aliphatic heterocycles. The molecule has 1 aromatic heterocycles. The molecule has 4 rings (SSSR count). The minimum absolute atomic E-state index is 0.0756. The number of esters is 1. The fourth-order valence-electron chi connectivity index (χ4n) is 4.18. The summed E-state index contributed by atoms with van der Waals surface area (Å²) in [6.07, 6.45) is 6.21. The monoisotopic (exact) mass is 414 g/mol. The van der Waals surface area contributed by atoms with Crippen LogP contribution in [-0.4, -0.2) is 44.3 Å². The molecular weight excluding hydrogens is 388 g/mol. The lowest BCUT2D eigenvalue weighted by molar-refractivity contribution is 0.0514. The lowest BCUT2D eigenvalue weighted by atomic mass is 9.83. The van der Waals surface area contributed by atoms with E-state index in [0.717, 1.165) is 44.1 Å². The number of aromatic nitrogens is 3. The van der Waals surface area contributed by atoms with E-state index < -0.39 is 11.5 Å². The van der Waals surface area contributed by atoms with E-state index in [0.29, 0.717) is 10.6 Å². The number of nitrogens with zero attached hydrogens (tertiary/aromatic N) is 3. The highest BCUT2D eigenvalue weighted by molar-refractivity contribution is 8.00. The summed E-state index contributed by atoms with van der Waals surface area (Å²) in [6.45, 7) is 4.02. The topological polar surface area (TPSA) is 86.1 Å². The highest BCUT2D eigenvalue weighted by Gasteiger charge is 2.49. The van der Waals surface area contributed by atoms with E-state index in [1.54, 1.807) is 11.7 Å². The second-order valence-corrected chi connectivity index (χ2v) is 8.88. The van der Waals surface area contributed by atoms with Crippen molar-refractivity contribution in [1.82, 2.24) is 15.1 Å². The summed E-state index contributed by atoms with van der Waals surface area (Å²) in [7, 11) is 0. The molecule has 1 aromatic carbocycles. The number of rotatable bonds is 4. The molecular formula is C21H26N4O3S. The lowest BCUT2D eigenvalue weighted by Gasteiger charge is -2.43. The van der Waals surface area contributed by atoms with E-state index in [2.05, 4.69) is 15.7 Å². The van der Waals surface area contributed by atoms with Gasteiger partial charge in [-0.05, 0) is 31.9 Å². The van der Waals surface area contributed by atoms with Gasteiger partial charge in [0.2, 0.25) is 5.69 Å². The zero-order chi connectivity index (χ0) is 20.4. The number of aryl methyl sites for hydroxylation is 1. The molecule has 1 aliphatic carbocycles. The number of ether oxygens (including phenoxy) is 1. The number of benzene rings is 1. The summed E-state index contributed by atoms with van der Waals surface area (Å²) >= 11 is 1.39. The summed E-state index contributed by atoms with van der Waals surface area (Å²) in [5.41, 5.74) is 5.04. The molecule has 7 nitrogen and oxygen atoms in total. The van der Waals surface area contributed by atoms with Crippen LogP contribution >= 0.6 is 11.8 Å². The van der Waals surface area contributed by atoms with Crippen molar-refractivity contribution in [3.8, 4) is 0 Å². The maximum Gasteiger partial charge on any atom is 0.361 e. The molecule has 1 N–H and O–H groups in total. The molecule has 29 heavy (non-hydrogen) atoms. The zero-order valence-electron chi connectivity index (χ0n) is 16.8. The van der Waals surface area contributed by atoms with Gasteiger partial charge < -0.3 is 4.74 Å². The van der Waals surface area contributed by atoms with Gasteiger partial charge in [0.1, 0.15) is 0 Å². The van der Waals surface area contributed by atoms with Crippen molar-refractivity contribution in [3.63, 3.8) is 0 Å². The first-order valence-corrected chi connectivity index (χ1v) is 11.1. The third-order valence-corrected chi connectivity index (χ3v) is 7.22. The molecule has 0 saturated heterocycles. The summed E-state index contributed by atoms with van der Waals surface area (Å²) in [6, 6.07) is 7.70. The molecule has 154 valence electrons. The number of carbonyl (C=O) groups is 2. The molecule has 1 spiro atoms. The van der Waals surface area contributed by atoms with Gasteiger partial charge in [-0.15, -0.1) is 5.10 Å². The van der Waals surface area contributed by atoms with Crippen LogP contribution in [0.4, 0.5) is 0 Å². The van der Waals surface area contributed by atoms with Crippen molar-refractivity contribution in [2.24, 2.45) is 0 Å². The molecule has 1 saturated carbocycles. The largest absolute Gasteiger partial charge is 0.461 e. The van der Waals surface area contributed by atoms with Crippen LogP contribution in [0.25, 0.3) is 0 Å². The van der Waals surface area contributed by atoms with E-state index >= 15 is 0 Å². The Morgan fingerprint density at radius 3 is 2.55 bits per heavy atom. The second kappa shape index (κ2) is 8.18. The van der Waals surface area contributed by atoms with Gasteiger partial charge in [0, 0.05) is 5.56 Å². The number of hydrogen-bond donors (Lipinski definition) is 1. The predicted octanol–water partition coefficient (Wildman–Crippen LogP) is 3.76. The van der Waals surface area contributed by atoms with Crippen LogP contribution in [0.3, 0.4) is 0 Å². The van der Waals surface area contributed by atoms with Crippen molar-refractivity contribution >= 4 is 23.5 Å². The molecule has 1 atom stereocenters. The molecule has 2 heterocycles. The Kier molecular flexibility index (Phi) is 5.63. The minimum Gasteiger partial charge on any atom is -0.461 e. The second-order valence-electron chi connectivity index (χ2n) is 7.79. The van der Waals surface area contributed by atoms with E-state index in [9.17, 15) is 9.59 Å². The Labute approximate surface area is 174 Å². The van der Waals surface area contributed by atoms with Crippen molar-refractivity contribution < 1.29 is 14.3 Å². The summed E-state index contributed by atoms with van der Waals surface area (Å²) in [4.78, 5) is 27.5. The predicted molar refractivity (Wildman–Crippen MR) is 111 cm³/mol. The van der Waals surface area contributed by atoms with Gasteiger partial charge in [-0.2, -0.15) is 4.79 Å². The third-order valence-electron chi connectivity index (χ3n) is 5.73. The average Bonchev–Trinajstić information content (AvgIpc) is 2.98. The van der Waals surface area contributed by atoms with Crippen LogP contribution in [0.2, 0.25) is 0 Å². The van der Waals surface area contributed by atoms with Crippen LogP contribution in [0.5, 0.6) is 0 Å². The Hall–Kier alpha value is -2.35. The van der Waals surface area contributed by atoms with Gasteiger partial charge in [-0.3, -0.25) is 10.2 Å². The SMILES string of the molecule is CCOC(=O)c1nnn2c1SC(C(=O)c1ccc(C)cc1)C1(CCCCCC1)N2. The Morgan fingerprint density at radius 2 is 1.90 bits per heavy atom. The number of carbonyl (C=O) groups excluding carboxylic acids is 2. The number of fused-ring (bicyclic) bond motifs is 1. The highest BCUT2D eigenvalue weighted by Crippen LogP contribution is 2.44. The van der Waals surface area contributed by atoms with E-state index in [1.165, 1.54) is 11.8 Å². The zero-order valence-corrected chi connectivity index (χ0v) is 17.6. The van der Waals surface area contributed by atoms with Crippen LogP contribution in [0.1, 0.15) is 71.9 Å². The molecule has 0 amide bonds. The summed E-state index contributed by atoms with van der Waals surface area (Å²) < 4.78 is 5.12. The van der Waals surface area contributed by atoms with Crippen LogP contribution in [0.15, 0.2) is 29.3 Å². The average molecular weight is 415 g/mol. The smallest absolute Gasteiger partial charge is 0.361 e. The fraction of sp³-hybridized carbons (Fsp3) is 0.524. The van der Waals surface area contributed by atoms with Crippen LogP contribution in [-0.2, 0) is 4.74 Å². The van der Waals surface area contributed by atoms with Crippen LogP contribution < -0.4 is 5.43 Å². The number of thioether (sulfide) groups is 1. The fourth-order valence-corrected chi connectivity index (χ4v) is 5.58. The van der Waals surface area contributed by atoms with Crippen molar-refractivity contribution in [1.29, 1.82) is 0 Å². The molecule has 1 fully saturated rings. The number of Topliss-reactive ketones (excluding diaryl/α,β-unsaturated/α-hetero) is 1. The highest BCUT2D eigenvalue weighted by atomic mass is 32.2. The van der Waals surface area contributed by atoms with E-state index in [1.807, 2.05) is 31.2 Å². The maximum atomic E-state index is 13.6. The maximum absolute atomic E-state index is 13.6. The van der Waals surface area contributed by atoms with Gasteiger partial charge in [-0.1, -0.05) is 67.3 Å². The molecule has 2 aromatic rings. The normalized spacial score (nSPS) is 20.4. The first-order valence-electron chi connectivity index (χ1n) is 10.2. The van der Waals surface area contributed by atoms with Gasteiger partial charge >= 0.3 is 5.97 Å². The molecule has 8 heteroatoms. The van der Waals surface area contributed by atoms with Gasteiger partial charge in [-0.25, -0.2) is 4.79 Å². The number of nitrogens with one attached hydrogen (secondary N) is 1. The standard InChI is InChI=1S/C21H26N4O3S/c1-3-28-20(27)16-19-25(24-22-16)23-21(12-6-4-5-7-13-21)18(29-19)17(26)15-10-8-14(2)9-11-15/h8-11,18,23H,3-7,12-13H2,1-2H3. The van der Waals surface area contributed by atoms with Gasteiger partial charge in [0.15, 0.2) is 10.8 Å². The van der Waals surface area contributed by atoms with Crippen molar-refractivity contribution in [3.05, 3.63) is 41.1 Å². The Bertz CT molecular complexity index is 901. The third kappa shape index (κ3) is 3.77. The minimum atomic E-state index is -0.513. The summed E-state index contributed by atoms with van der Waals surface area (Å²) in [5, 5.41) is 8.37. The van der Waals surface area contributed by atoms with E-state index in [4.69, 9.17) is 4.74 Å². The quantitative estimate of drug-likeness (QED) is 0.602. The lowest BCUT2D eigenvalue weighted by Crippen LogP contribution is -2.57. The molecule has 0 radical (unpaired) electrons. The van der Waals surface area contributed by atoms with Crippen molar-refractivity contribution in [2.45, 2.75) is 68.2 Å². The molecule has 2 aliphatic rings. The van der Waals surface area contributed by atoms with Crippen LogP contribution in [0, 0.1) is 6.92 Å². The first kappa shape index (κ1) is 19.9. The summed E-state index contributed by atoms with van der Waals surface area (Å²) in [5.74, 6) is -0.437. The molecule has 1 unspecified atom stereocenters. The first-order chi connectivity index (χ1) is 14.0. The van der Waals surface area contributed by atoms with Crippen molar-refractivity contribution in [2.75, 3.05) is 12.0 Å². The molecule has 0 bridgehead atoms. The number of ketones is 1. The van der Waals surface area contributed by atoms with E-state index in [-0.39, 0.29) is 23.3 Å². The van der Waals surface area contributed by atoms with Gasteiger partial charge in [0.25, 0.3) is 0 Å².